The summed E-state index contributed by atoms with van der Waals surface area (Å²) in [6, 6.07) is 18.0. The van der Waals surface area contributed by atoms with Gasteiger partial charge in [-0.1, -0.05) is 42.5 Å². The van der Waals surface area contributed by atoms with Gasteiger partial charge in [0.2, 0.25) is 0 Å². The lowest BCUT2D eigenvalue weighted by Crippen LogP contribution is -2.43. The summed E-state index contributed by atoms with van der Waals surface area (Å²) < 4.78 is 18.0. The molecule has 1 heterocycles. The van der Waals surface area contributed by atoms with Crippen molar-refractivity contribution in [1.29, 1.82) is 0 Å². The zero-order valence-electron chi connectivity index (χ0n) is 13.8. The van der Waals surface area contributed by atoms with E-state index in [2.05, 4.69) is 17.4 Å². The number of nitrogens with one attached hydrogen (secondary N) is 1. The van der Waals surface area contributed by atoms with Crippen LogP contribution in [0.15, 0.2) is 54.6 Å². The Morgan fingerprint density at radius 1 is 1.08 bits per heavy atom. The number of hydrogen-bond donors (Lipinski definition) is 1. The summed E-state index contributed by atoms with van der Waals surface area (Å²) in [4.78, 5) is 0. The molecule has 0 aliphatic carbocycles. The van der Waals surface area contributed by atoms with E-state index in [1.165, 1.54) is 0 Å². The number of halogens is 1. The number of rotatable bonds is 6. The first-order valence-corrected chi connectivity index (χ1v) is 8.14. The third kappa shape index (κ3) is 4.72. The number of ether oxygens (including phenoxy) is 3. The van der Waals surface area contributed by atoms with Crippen LogP contribution < -0.4 is 14.8 Å². The fourth-order valence-electron chi connectivity index (χ4n) is 2.74. The Bertz CT molecular complexity index is 603. The van der Waals surface area contributed by atoms with Crippen molar-refractivity contribution in [2.45, 2.75) is 19.1 Å². The van der Waals surface area contributed by atoms with Crippen LogP contribution in [0.25, 0.3) is 0 Å². The fraction of sp³-hybridized carbons (Fsp3) is 0.368. The molecule has 24 heavy (non-hydrogen) atoms. The smallest absolute Gasteiger partial charge is 0.162 e. The third-order valence-corrected chi connectivity index (χ3v) is 3.83. The Balaban J connectivity index is 0.00000208. The maximum Gasteiger partial charge on any atom is 0.162 e. The summed E-state index contributed by atoms with van der Waals surface area (Å²) in [6.07, 6.45) is -0.202. The molecule has 0 spiro atoms. The van der Waals surface area contributed by atoms with Gasteiger partial charge in [-0.3, -0.25) is 0 Å². The average molecular weight is 394 g/mol. The van der Waals surface area contributed by atoms with Crippen molar-refractivity contribution in [2.75, 3.05) is 26.3 Å². The second kappa shape index (κ2) is 9.67. The van der Waals surface area contributed by atoms with Crippen LogP contribution in [-0.4, -0.2) is 32.4 Å². The van der Waals surface area contributed by atoms with Gasteiger partial charge >= 0.3 is 0 Å². The quantitative estimate of drug-likeness (QED) is 0.810. The van der Waals surface area contributed by atoms with Gasteiger partial charge in [-0.15, -0.1) is 17.0 Å². The number of morpholine rings is 1. The van der Waals surface area contributed by atoms with E-state index in [1.54, 1.807) is 0 Å². The first-order valence-electron chi connectivity index (χ1n) is 8.14. The molecule has 1 aliphatic heterocycles. The predicted molar refractivity (Wildman–Crippen MR) is 100 cm³/mol. The lowest BCUT2D eigenvalue weighted by atomic mass is 10.0. The second-order valence-corrected chi connectivity index (χ2v) is 5.44. The highest BCUT2D eigenvalue weighted by molar-refractivity contribution is 8.93. The Labute approximate surface area is 153 Å². The van der Waals surface area contributed by atoms with E-state index in [1.807, 2.05) is 49.4 Å². The van der Waals surface area contributed by atoms with Gasteiger partial charge in [-0.25, -0.2) is 0 Å². The summed E-state index contributed by atoms with van der Waals surface area (Å²) in [5.74, 6) is 1.51. The van der Waals surface area contributed by atoms with Gasteiger partial charge in [0.1, 0.15) is 6.10 Å². The topological polar surface area (TPSA) is 39.7 Å². The van der Waals surface area contributed by atoms with Gasteiger partial charge < -0.3 is 19.5 Å². The highest BCUT2D eigenvalue weighted by Crippen LogP contribution is 2.33. The molecule has 3 rings (SSSR count). The zero-order valence-corrected chi connectivity index (χ0v) is 15.5. The molecule has 2 aromatic rings. The molecule has 0 saturated carbocycles. The molecule has 5 heteroatoms. The molecule has 2 aromatic carbocycles. The standard InChI is InChI=1S/C19H23NO3.BrH/c1-2-21-16-10-6-7-11-17(16)23-19(15-8-4-3-5-9-15)18-14-20-12-13-22-18;/h3-11,18-20H,2,12-14H2,1H3;1H/t18-,19-;/m0./s1. The summed E-state index contributed by atoms with van der Waals surface area (Å²) in [6.45, 7) is 4.94. The van der Waals surface area contributed by atoms with E-state index in [0.29, 0.717) is 13.2 Å². The third-order valence-electron chi connectivity index (χ3n) is 3.83. The molecular weight excluding hydrogens is 370 g/mol. The first-order chi connectivity index (χ1) is 11.4. The van der Waals surface area contributed by atoms with Crippen LogP contribution in [0, 0.1) is 0 Å². The summed E-state index contributed by atoms with van der Waals surface area (Å²) in [7, 11) is 0. The van der Waals surface area contributed by atoms with Gasteiger partial charge in [0, 0.05) is 13.1 Å². The van der Waals surface area contributed by atoms with Crippen molar-refractivity contribution in [3.8, 4) is 11.5 Å². The lowest BCUT2D eigenvalue weighted by molar-refractivity contribution is -0.0439. The predicted octanol–water partition coefficient (Wildman–Crippen LogP) is 3.77. The van der Waals surface area contributed by atoms with Crippen molar-refractivity contribution in [3.05, 3.63) is 60.2 Å². The normalized spacial score (nSPS) is 18.3. The van der Waals surface area contributed by atoms with Gasteiger partial charge in [0.05, 0.1) is 13.2 Å². The first kappa shape index (κ1) is 18.8. The van der Waals surface area contributed by atoms with Crippen LogP contribution in [0.1, 0.15) is 18.6 Å². The molecule has 1 fully saturated rings. The number of hydrogen-bond acceptors (Lipinski definition) is 4. The van der Waals surface area contributed by atoms with Gasteiger partial charge in [0.25, 0.3) is 0 Å². The Kier molecular flexibility index (Phi) is 7.56. The van der Waals surface area contributed by atoms with E-state index in [4.69, 9.17) is 14.2 Å². The van der Waals surface area contributed by atoms with E-state index >= 15 is 0 Å². The Morgan fingerprint density at radius 3 is 2.46 bits per heavy atom. The highest BCUT2D eigenvalue weighted by Gasteiger charge is 2.28. The van der Waals surface area contributed by atoms with Crippen LogP contribution in [-0.2, 0) is 4.74 Å². The Hall–Kier alpha value is -1.56. The molecule has 2 atom stereocenters. The average Bonchev–Trinajstić information content (AvgIpc) is 2.63. The minimum atomic E-state index is -0.175. The van der Waals surface area contributed by atoms with E-state index in [-0.39, 0.29) is 29.2 Å². The van der Waals surface area contributed by atoms with E-state index in [0.717, 1.165) is 30.2 Å². The molecule has 1 aliphatic rings. The van der Waals surface area contributed by atoms with Crippen LogP contribution in [0.3, 0.4) is 0 Å². The largest absolute Gasteiger partial charge is 0.490 e. The van der Waals surface area contributed by atoms with Crippen molar-refractivity contribution in [2.24, 2.45) is 0 Å². The molecule has 0 amide bonds. The number of benzene rings is 2. The van der Waals surface area contributed by atoms with E-state index < -0.39 is 0 Å². The highest BCUT2D eigenvalue weighted by atomic mass is 79.9. The summed E-state index contributed by atoms with van der Waals surface area (Å²) in [5, 5.41) is 3.37. The van der Waals surface area contributed by atoms with Crippen LogP contribution >= 0.6 is 17.0 Å². The van der Waals surface area contributed by atoms with Crippen LogP contribution in [0.5, 0.6) is 11.5 Å². The molecule has 4 nitrogen and oxygen atoms in total. The van der Waals surface area contributed by atoms with Crippen LogP contribution in [0.2, 0.25) is 0 Å². The van der Waals surface area contributed by atoms with Crippen molar-refractivity contribution >= 4 is 17.0 Å². The molecule has 1 N–H and O–H groups in total. The van der Waals surface area contributed by atoms with Crippen molar-refractivity contribution in [1.82, 2.24) is 5.32 Å². The Morgan fingerprint density at radius 2 is 1.79 bits per heavy atom. The maximum atomic E-state index is 6.33. The molecular formula is C19H24BrNO3. The van der Waals surface area contributed by atoms with Gasteiger partial charge in [0.15, 0.2) is 17.6 Å². The van der Waals surface area contributed by atoms with Crippen molar-refractivity contribution < 1.29 is 14.2 Å². The SMILES string of the molecule is Br.CCOc1ccccc1O[C@@H](c1ccccc1)[C@@H]1CNCCO1. The monoisotopic (exact) mass is 393 g/mol. The number of para-hydroxylation sites is 2. The maximum absolute atomic E-state index is 6.33. The van der Waals surface area contributed by atoms with E-state index in [9.17, 15) is 0 Å². The molecule has 0 radical (unpaired) electrons. The summed E-state index contributed by atoms with van der Waals surface area (Å²) >= 11 is 0. The summed E-state index contributed by atoms with van der Waals surface area (Å²) in [5.41, 5.74) is 1.10. The van der Waals surface area contributed by atoms with Gasteiger partial charge in [-0.05, 0) is 24.6 Å². The molecule has 130 valence electrons. The molecule has 1 saturated heterocycles. The van der Waals surface area contributed by atoms with Crippen molar-refractivity contribution in [3.63, 3.8) is 0 Å². The van der Waals surface area contributed by atoms with Crippen LogP contribution in [0.4, 0.5) is 0 Å². The second-order valence-electron chi connectivity index (χ2n) is 5.44. The fourth-order valence-corrected chi connectivity index (χ4v) is 2.74. The molecule has 0 aromatic heterocycles. The lowest BCUT2D eigenvalue weighted by Gasteiger charge is -2.32. The minimum Gasteiger partial charge on any atom is -0.490 e. The van der Waals surface area contributed by atoms with Gasteiger partial charge in [-0.2, -0.15) is 0 Å². The molecule has 0 unspecified atom stereocenters. The minimum absolute atomic E-state index is 0. The zero-order chi connectivity index (χ0) is 15.9. The molecule has 0 bridgehead atoms.